The quantitative estimate of drug-likeness (QED) is 0.447. The van der Waals surface area contributed by atoms with Gasteiger partial charge in [-0.2, -0.15) is 0 Å². The fourth-order valence-corrected chi connectivity index (χ4v) is 4.07. The first-order valence-corrected chi connectivity index (χ1v) is 11.4. The molecule has 0 saturated heterocycles. The predicted molar refractivity (Wildman–Crippen MR) is 136 cm³/mol. The average molecular weight is 460 g/mol. The zero-order valence-corrected chi connectivity index (χ0v) is 19.7. The van der Waals surface area contributed by atoms with Gasteiger partial charge < -0.3 is 10.2 Å². The molecule has 0 radical (unpaired) electrons. The van der Waals surface area contributed by atoms with Crippen molar-refractivity contribution in [3.63, 3.8) is 0 Å². The van der Waals surface area contributed by atoms with E-state index in [9.17, 15) is 9.59 Å². The summed E-state index contributed by atoms with van der Waals surface area (Å²) in [6.45, 7) is 8.03. The van der Waals surface area contributed by atoms with E-state index in [1.54, 1.807) is 24.3 Å². The normalized spacial score (nSPS) is 13.6. The molecule has 168 valence electrons. The van der Waals surface area contributed by atoms with Crippen molar-refractivity contribution < 1.29 is 9.59 Å². The van der Waals surface area contributed by atoms with Crippen molar-refractivity contribution in [2.45, 2.75) is 20.8 Å². The van der Waals surface area contributed by atoms with Crippen LogP contribution in [-0.4, -0.2) is 24.9 Å². The molecule has 0 bridgehead atoms. The van der Waals surface area contributed by atoms with E-state index in [2.05, 4.69) is 24.1 Å². The van der Waals surface area contributed by atoms with Crippen LogP contribution in [0.2, 0.25) is 5.02 Å². The van der Waals surface area contributed by atoms with Crippen LogP contribution in [0.5, 0.6) is 0 Å². The lowest BCUT2D eigenvalue weighted by Crippen LogP contribution is -2.32. The lowest BCUT2D eigenvalue weighted by atomic mass is 10.0. The molecule has 1 N–H and O–H groups in total. The van der Waals surface area contributed by atoms with E-state index in [0.717, 1.165) is 30.0 Å². The van der Waals surface area contributed by atoms with Gasteiger partial charge in [-0.05, 0) is 74.9 Å². The summed E-state index contributed by atoms with van der Waals surface area (Å²) in [4.78, 5) is 30.4. The molecule has 3 aromatic carbocycles. The molecule has 1 aliphatic rings. The number of nitrogens with zero attached hydrogens (tertiary/aromatic N) is 2. The van der Waals surface area contributed by atoms with E-state index in [-0.39, 0.29) is 11.6 Å². The number of nitrogens with one attached hydrogen (secondary N) is 1. The minimum atomic E-state index is -0.397. The first-order valence-electron chi connectivity index (χ1n) is 11.0. The van der Waals surface area contributed by atoms with Gasteiger partial charge in [0.2, 0.25) is 0 Å². The Labute approximate surface area is 199 Å². The zero-order valence-electron chi connectivity index (χ0n) is 18.9. The summed E-state index contributed by atoms with van der Waals surface area (Å²) in [7, 11) is 0. The fraction of sp³-hybridized carbons (Fsp3) is 0.185. The Hall–Kier alpha value is -3.57. The first-order chi connectivity index (χ1) is 15.9. The minimum Gasteiger partial charge on any atom is -0.372 e. The monoisotopic (exact) mass is 459 g/mol. The highest BCUT2D eigenvalue weighted by molar-refractivity contribution is 6.46. The SMILES string of the molecule is CCN(CC)c1ccc(NC2=C(c3ccc(C)cc3)C(=O)N(c3ccc(Cl)cc3)C2=O)cc1. The van der Waals surface area contributed by atoms with Gasteiger partial charge in [0.15, 0.2) is 0 Å². The molecule has 1 heterocycles. The second-order valence-electron chi connectivity index (χ2n) is 7.88. The zero-order chi connectivity index (χ0) is 23.5. The van der Waals surface area contributed by atoms with Crippen LogP contribution in [0, 0.1) is 6.92 Å². The number of carbonyl (C=O) groups is 2. The molecule has 6 heteroatoms. The molecule has 33 heavy (non-hydrogen) atoms. The summed E-state index contributed by atoms with van der Waals surface area (Å²) in [5, 5.41) is 3.76. The molecule has 5 nitrogen and oxygen atoms in total. The first kappa shape index (κ1) is 22.6. The highest BCUT2D eigenvalue weighted by atomic mass is 35.5. The number of hydrogen-bond donors (Lipinski definition) is 1. The van der Waals surface area contributed by atoms with Crippen LogP contribution < -0.4 is 15.1 Å². The fourth-order valence-electron chi connectivity index (χ4n) is 3.95. The van der Waals surface area contributed by atoms with Gasteiger partial charge in [-0.25, -0.2) is 4.90 Å². The van der Waals surface area contributed by atoms with Crippen LogP contribution in [0.1, 0.15) is 25.0 Å². The Bertz CT molecular complexity index is 1200. The van der Waals surface area contributed by atoms with Crippen LogP contribution in [0.4, 0.5) is 17.1 Å². The molecule has 0 saturated carbocycles. The Morgan fingerprint density at radius 1 is 0.818 bits per heavy atom. The molecule has 0 aromatic heterocycles. The van der Waals surface area contributed by atoms with E-state index in [1.165, 1.54) is 4.90 Å². The number of carbonyl (C=O) groups excluding carboxylic acids is 2. The third kappa shape index (κ3) is 4.50. The lowest BCUT2D eigenvalue weighted by Gasteiger charge is -2.21. The third-order valence-electron chi connectivity index (χ3n) is 5.77. The van der Waals surface area contributed by atoms with Crippen molar-refractivity contribution in [2.75, 3.05) is 28.2 Å². The number of hydrogen-bond acceptors (Lipinski definition) is 4. The van der Waals surface area contributed by atoms with Gasteiger partial charge in [-0.15, -0.1) is 0 Å². The van der Waals surface area contributed by atoms with Gasteiger partial charge in [-0.3, -0.25) is 9.59 Å². The van der Waals surface area contributed by atoms with E-state index in [0.29, 0.717) is 21.8 Å². The van der Waals surface area contributed by atoms with E-state index in [1.807, 2.05) is 55.5 Å². The number of aryl methyl sites for hydroxylation is 1. The summed E-state index contributed by atoms with van der Waals surface area (Å²) in [5.74, 6) is -0.765. The van der Waals surface area contributed by atoms with E-state index < -0.39 is 5.91 Å². The van der Waals surface area contributed by atoms with Crippen molar-refractivity contribution in [2.24, 2.45) is 0 Å². The smallest absolute Gasteiger partial charge is 0.282 e. The molecule has 0 fully saturated rings. The van der Waals surface area contributed by atoms with Crippen LogP contribution in [-0.2, 0) is 9.59 Å². The third-order valence-corrected chi connectivity index (χ3v) is 6.03. The number of halogens is 1. The molecule has 0 atom stereocenters. The molecule has 4 rings (SSSR count). The van der Waals surface area contributed by atoms with E-state index in [4.69, 9.17) is 11.6 Å². The van der Waals surface area contributed by atoms with Crippen LogP contribution in [0.25, 0.3) is 5.57 Å². The molecule has 2 amide bonds. The molecule has 3 aromatic rings. The molecule has 0 spiro atoms. The number of anilines is 3. The van der Waals surface area contributed by atoms with Crippen molar-refractivity contribution in [3.05, 3.63) is 94.6 Å². The van der Waals surface area contributed by atoms with Crippen molar-refractivity contribution in [1.29, 1.82) is 0 Å². The van der Waals surface area contributed by atoms with Crippen LogP contribution in [0.3, 0.4) is 0 Å². The maximum absolute atomic E-state index is 13.5. The van der Waals surface area contributed by atoms with Crippen LogP contribution >= 0.6 is 11.6 Å². The maximum Gasteiger partial charge on any atom is 0.282 e. The molecular weight excluding hydrogens is 434 g/mol. The molecule has 0 aliphatic carbocycles. The van der Waals surface area contributed by atoms with Gasteiger partial charge in [-0.1, -0.05) is 41.4 Å². The Balaban J connectivity index is 1.73. The summed E-state index contributed by atoms with van der Waals surface area (Å²) >= 11 is 6.01. The minimum absolute atomic E-state index is 0.259. The summed E-state index contributed by atoms with van der Waals surface area (Å²) in [6, 6.07) is 22.2. The molecular formula is C27H26ClN3O2. The second-order valence-corrected chi connectivity index (χ2v) is 8.32. The Morgan fingerprint density at radius 2 is 1.42 bits per heavy atom. The van der Waals surface area contributed by atoms with Crippen LogP contribution in [0.15, 0.2) is 78.5 Å². The highest BCUT2D eigenvalue weighted by Gasteiger charge is 2.40. The average Bonchev–Trinajstić information content (AvgIpc) is 3.06. The number of amides is 2. The van der Waals surface area contributed by atoms with Gasteiger partial charge in [0, 0.05) is 29.5 Å². The number of rotatable bonds is 7. The summed E-state index contributed by atoms with van der Waals surface area (Å²) in [5.41, 5.74) is 4.70. The molecule has 0 unspecified atom stereocenters. The Morgan fingerprint density at radius 3 is 2.00 bits per heavy atom. The van der Waals surface area contributed by atoms with Crippen molar-refractivity contribution >= 4 is 46.1 Å². The second kappa shape index (κ2) is 9.51. The maximum atomic E-state index is 13.5. The number of benzene rings is 3. The van der Waals surface area contributed by atoms with Gasteiger partial charge in [0.05, 0.1) is 11.3 Å². The van der Waals surface area contributed by atoms with Gasteiger partial charge in [0.25, 0.3) is 11.8 Å². The topological polar surface area (TPSA) is 52.7 Å². The van der Waals surface area contributed by atoms with E-state index >= 15 is 0 Å². The predicted octanol–water partition coefficient (Wildman–Crippen LogP) is 5.89. The standard InChI is InChI=1S/C27H26ClN3O2/c1-4-30(5-2)22-16-12-21(13-17-22)29-25-24(19-8-6-18(3)7-9-19)26(32)31(27(25)33)23-14-10-20(28)11-15-23/h6-17,29H,4-5H2,1-3H3. The largest absolute Gasteiger partial charge is 0.372 e. The van der Waals surface area contributed by atoms with Gasteiger partial charge >= 0.3 is 0 Å². The lowest BCUT2D eigenvalue weighted by molar-refractivity contribution is -0.120. The molecule has 1 aliphatic heterocycles. The van der Waals surface area contributed by atoms with Crippen molar-refractivity contribution in [3.8, 4) is 0 Å². The Kier molecular flexibility index (Phi) is 6.52. The highest BCUT2D eigenvalue weighted by Crippen LogP contribution is 2.34. The van der Waals surface area contributed by atoms with Crippen molar-refractivity contribution in [1.82, 2.24) is 0 Å². The number of imide groups is 1. The van der Waals surface area contributed by atoms with Gasteiger partial charge in [0.1, 0.15) is 5.70 Å². The summed E-state index contributed by atoms with van der Waals surface area (Å²) in [6.07, 6.45) is 0. The summed E-state index contributed by atoms with van der Waals surface area (Å²) < 4.78 is 0.